The lowest BCUT2D eigenvalue weighted by Crippen LogP contribution is -2.27. The van der Waals surface area contributed by atoms with E-state index in [1.54, 1.807) is 6.07 Å². The number of benzene rings is 1. The van der Waals surface area contributed by atoms with Crippen LogP contribution >= 0.6 is 11.6 Å². The lowest BCUT2D eigenvalue weighted by molar-refractivity contribution is 0.309. The third-order valence-corrected chi connectivity index (χ3v) is 3.21. The predicted octanol–water partition coefficient (Wildman–Crippen LogP) is 2.40. The van der Waals surface area contributed by atoms with Crippen LogP contribution in [-0.2, 0) is 13.0 Å². The van der Waals surface area contributed by atoms with Crippen molar-refractivity contribution in [1.29, 1.82) is 0 Å². The molecule has 1 heterocycles. The summed E-state index contributed by atoms with van der Waals surface area (Å²) in [6.45, 7) is 5.13. The molecule has 1 aromatic carbocycles. The quantitative estimate of drug-likeness (QED) is 0.817. The van der Waals surface area contributed by atoms with E-state index in [1.165, 1.54) is 0 Å². The number of nitrogens with zero attached hydrogens (tertiary/aromatic N) is 1. The molecule has 1 aliphatic rings. The lowest BCUT2D eigenvalue weighted by Gasteiger charge is -2.26. The zero-order valence-corrected chi connectivity index (χ0v) is 9.94. The molecule has 0 bridgehead atoms. The van der Waals surface area contributed by atoms with Gasteiger partial charge in [0.25, 0.3) is 0 Å². The molecule has 0 saturated carbocycles. The summed E-state index contributed by atoms with van der Waals surface area (Å²) in [6.07, 6.45) is 0.690. The van der Waals surface area contributed by atoms with Gasteiger partial charge >= 0.3 is 0 Å². The molecule has 0 spiro atoms. The Labute approximate surface area is 99.5 Å². The van der Waals surface area contributed by atoms with Crippen molar-refractivity contribution >= 4 is 17.3 Å². The topological polar surface area (TPSA) is 29.3 Å². The van der Waals surface area contributed by atoms with Crippen LogP contribution in [-0.4, -0.2) is 18.5 Å². The number of hydrogen-bond donors (Lipinski definition) is 1. The Morgan fingerprint density at radius 1 is 1.62 bits per heavy atom. The number of nitrogens with two attached hydrogens (primary N) is 1. The molecule has 86 valence electrons. The summed E-state index contributed by atoms with van der Waals surface area (Å²) in [5.74, 6) is -0.303. The van der Waals surface area contributed by atoms with Crippen LogP contribution in [0.15, 0.2) is 12.6 Å². The van der Waals surface area contributed by atoms with E-state index >= 15 is 0 Å². The van der Waals surface area contributed by atoms with Gasteiger partial charge in [-0.3, -0.25) is 0 Å². The zero-order valence-electron chi connectivity index (χ0n) is 9.19. The van der Waals surface area contributed by atoms with Crippen LogP contribution in [0, 0.1) is 5.82 Å². The van der Waals surface area contributed by atoms with E-state index in [1.807, 2.05) is 7.05 Å². The van der Waals surface area contributed by atoms with Crippen LogP contribution in [0.2, 0.25) is 5.02 Å². The normalized spacial score (nSPS) is 15.9. The molecule has 1 aliphatic heterocycles. The first-order valence-corrected chi connectivity index (χ1v) is 5.51. The van der Waals surface area contributed by atoms with Crippen LogP contribution in [0.1, 0.15) is 16.7 Å². The van der Waals surface area contributed by atoms with Crippen LogP contribution in [0.25, 0.3) is 5.70 Å². The minimum atomic E-state index is -0.303. The summed E-state index contributed by atoms with van der Waals surface area (Å²) in [7, 11) is 2.00. The van der Waals surface area contributed by atoms with Crippen molar-refractivity contribution in [3.8, 4) is 0 Å². The van der Waals surface area contributed by atoms with Gasteiger partial charge in [0.15, 0.2) is 0 Å². The van der Waals surface area contributed by atoms with Gasteiger partial charge in [-0.15, -0.1) is 0 Å². The van der Waals surface area contributed by atoms with Crippen molar-refractivity contribution < 1.29 is 4.39 Å². The van der Waals surface area contributed by atoms with E-state index in [9.17, 15) is 4.39 Å². The molecule has 0 unspecified atom stereocenters. The Morgan fingerprint density at radius 3 is 2.94 bits per heavy atom. The van der Waals surface area contributed by atoms with Gasteiger partial charge in [0.1, 0.15) is 5.82 Å². The van der Waals surface area contributed by atoms with E-state index in [2.05, 4.69) is 11.5 Å². The molecule has 4 heteroatoms. The molecule has 0 aliphatic carbocycles. The van der Waals surface area contributed by atoms with Crippen molar-refractivity contribution in [3.05, 3.63) is 40.2 Å². The molecular formula is C12H14ClFN2. The Balaban J connectivity index is 2.59. The first kappa shape index (κ1) is 11.4. The second kappa shape index (κ2) is 4.07. The molecule has 2 N–H and O–H groups in total. The van der Waals surface area contributed by atoms with Gasteiger partial charge in [0.2, 0.25) is 0 Å². The molecule has 0 saturated heterocycles. The molecule has 16 heavy (non-hydrogen) atoms. The van der Waals surface area contributed by atoms with Crippen molar-refractivity contribution in [2.75, 3.05) is 13.6 Å². The fraction of sp³-hybridized carbons (Fsp3) is 0.333. The highest BCUT2D eigenvalue weighted by atomic mass is 35.5. The van der Waals surface area contributed by atoms with Gasteiger partial charge in [0.05, 0.1) is 10.6 Å². The molecule has 0 aromatic heterocycles. The average Bonchev–Trinajstić information content (AvgIpc) is 2.15. The third kappa shape index (κ3) is 1.81. The average molecular weight is 241 g/mol. The molecule has 0 atom stereocenters. The fourth-order valence-corrected chi connectivity index (χ4v) is 2.42. The summed E-state index contributed by atoms with van der Waals surface area (Å²) in [5, 5.41) is 0.346. The van der Waals surface area contributed by atoms with Gasteiger partial charge in [-0.25, -0.2) is 4.39 Å². The number of hydrogen-bond acceptors (Lipinski definition) is 2. The Kier molecular flexibility index (Phi) is 2.91. The smallest absolute Gasteiger partial charge is 0.137 e. The highest BCUT2D eigenvalue weighted by Gasteiger charge is 2.22. The SMILES string of the molecule is C=C(N)c1c(Cl)cc2c(c1F)CCN(C)C2. The van der Waals surface area contributed by atoms with Crippen molar-refractivity contribution in [2.24, 2.45) is 5.73 Å². The summed E-state index contributed by atoms with van der Waals surface area (Å²) in [4.78, 5) is 2.13. The first-order chi connectivity index (χ1) is 7.50. The maximum absolute atomic E-state index is 14.1. The zero-order chi connectivity index (χ0) is 11.9. The highest BCUT2D eigenvalue weighted by molar-refractivity contribution is 6.32. The Bertz CT molecular complexity index is 457. The summed E-state index contributed by atoms with van der Waals surface area (Å²) < 4.78 is 14.1. The second-order valence-electron chi connectivity index (χ2n) is 4.20. The third-order valence-electron chi connectivity index (χ3n) is 2.92. The minimum Gasteiger partial charge on any atom is -0.399 e. The van der Waals surface area contributed by atoms with Crippen LogP contribution in [0.5, 0.6) is 0 Å². The molecule has 2 nitrogen and oxygen atoms in total. The summed E-state index contributed by atoms with van der Waals surface area (Å²) in [5.41, 5.74) is 7.66. The van der Waals surface area contributed by atoms with E-state index in [4.69, 9.17) is 17.3 Å². The van der Waals surface area contributed by atoms with Crippen LogP contribution < -0.4 is 5.73 Å². The van der Waals surface area contributed by atoms with Gasteiger partial charge < -0.3 is 10.6 Å². The monoisotopic (exact) mass is 240 g/mol. The molecule has 0 radical (unpaired) electrons. The number of rotatable bonds is 1. The molecule has 2 rings (SSSR count). The van der Waals surface area contributed by atoms with E-state index in [-0.39, 0.29) is 17.1 Å². The largest absolute Gasteiger partial charge is 0.399 e. The Hall–Kier alpha value is -1.06. The maximum atomic E-state index is 14.1. The van der Waals surface area contributed by atoms with E-state index in [0.29, 0.717) is 11.4 Å². The van der Waals surface area contributed by atoms with E-state index < -0.39 is 0 Å². The number of likely N-dealkylation sites (N-methyl/N-ethyl adjacent to an activating group) is 1. The standard InChI is InChI=1S/C12H14ClFN2/c1-7(15)11-10(13)5-8-6-16(2)4-3-9(8)12(11)14/h5H,1,3-4,6,15H2,2H3. The highest BCUT2D eigenvalue weighted by Crippen LogP contribution is 2.31. The van der Waals surface area contributed by atoms with Gasteiger partial charge in [-0.2, -0.15) is 0 Å². The maximum Gasteiger partial charge on any atom is 0.137 e. The van der Waals surface area contributed by atoms with Gasteiger partial charge in [-0.05, 0) is 30.7 Å². The van der Waals surface area contributed by atoms with Crippen molar-refractivity contribution in [3.63, 3.8) is 0 Å². The number of halogens is 2. The Morgan fingerprint density at radius 2 is 2.31 bits per heavy atom. The van der Waals surface area contributed by atoms with Crippen LogP contribution in [0.3, 0.4) is 0 Å². The van der Waals surface area contributed by atoms with Gasteiger partial charge in [-0.1, -0.05) is 18.2 Å². The molecule has 0 amide bonds. The minimum absolute atomic E-state index is 0.184. The molecule has 1 aromatic rings. The summed E-state index contributed by atoms with van der Waals surface area (Å²) >= 11 is 6.01. The van der Waals surface area contributed by atoms with Gasteiger partial charge in [0, 0.05) is 18.8 Å². The fourth-order valence-electron chi connectivity index (χ4n) is 2.09. The van der Waals surface area contributed by atoms with E-state index in [0.717, 1.165) is 24.2 Å². The lowest BCUT2D eigenvalue weighted by atomic mass is 9.95. The first-order valence-electron chi connectivity index (χ1n) is 5.13. The van der Waals surface area contributed by atoms with Crippen LogP contribution in [0.4, 0.5) is 4.39 Å². The molecule has 0 fully saturated rings. The predicted molar refractivity (Wildman–Crippen MR) is 64.7 cm³/mol. The van der Waals surface area contributed by atoms with Crippen molar-refractivity contribution in [1.82, 2.24) is 4.90 Å². The van der Waals surface area contributed by atoms with Crippen molar-refractivity contribution in [2.45, 2.75) is 13.0 Å². The molecular weight excluding hydrogens is 227 g/mol. The number of fused-ring (bicyclic) bond motifs is 1. The second-order valence-corrected chi connectivity index (χ2v) is 4.61. The summed E-state index contributed by atoms with van der Waals surface area (Å²) in [6, 6.07) is 1.79.